The third-order valence-corrected chi connectivity index (χ3v) is 2.06. The van der Waals surface area contributed by atoms with E-state index in [9.17, 15) is 0 Å². The Labute approximate surface area is 87.1 Å². The summed E-state index contributed by atoms with van der Waals surface area (Å²) in [5, 5.41) is 2.10. The van der Waals surface area contributed by atoms with Crippen molar-refractivity contribution in [2.45, 2.75) is 27.2 Å². The minimum Gasteiger partial charge on any atom is -0.187 e. The van der Waals surface area contributed by atoms with E-state index in [1.165, 1.54) is 5.69 Å². The van der Waals surface area contributed by atoms with Gasteiger partial charge in [0.15, 0.2) is 6.20 Å². The number of hydrogen-bond donors (Lipinski definition) is 0. The molecule has 0 aliphatic heterocycles. The van der Waals surface area contributed by atoms with Gasteiger partial charge in [-0.3, -0.25) is 0 Å². The van der Waals surface area contributed by atoms with E-state index >= 15 is 0 Å². The quantitative estimate of drug-likeness (QED) is 0.649. The lowest BCUT2D eigenvalue weighted by Crippen LogP contribution is -2.55. The second-order valence-corrected chi connectivity index (χ2v) is 5.12. The fourth-order valence-corrected chi connectivity index (χ4v) is 1.54. The summed E-state index contributed by atoms with van der Waals surface area (Å²) in [6.45, 7) is 6.79. The first-order valence-corrected chi connectivity index (χ1v) is 5.07. The summed E-state index contributed by atoms with van der Waals surface area (Å²) >= 11 is 0. The minimum absolute atomic E-state index is 0.332. The van der Waals surface area contributed by atoms with Gasteiger partial charge in [-0.15, -0.1) is 0 Å². The van der Waals surface area contributed by atoms with Crippen molar-refractivity contribution >= 4 is 0 Å². The molecule has 0 saturated heterocycles. The number of hydrogen-bond acceptors (Lipinski definition) is 1. The van der Waals surface area contributed by atoms with Gasteiger partial charge in [0, 0.05) is 18.6 Å². The van der Waals surface area contributed by atoms with Gasteiger partial charge in [0.25, 0.3) is 0 Å². The molecule has 2 heteroatoms. The van der Waals surface area contributed by atoms with Crippen LogP contribution in [0.3, 0.4) is 0 Å². The van der Waals surface area contributed by atoms with Crippen LogP contribution in [-0.2, 0) is 6.42 Å². The van der Waals surface area contributed by atoms with Crippen molar-refractivity contribution in [3.63, 3.8) is 0 Å². The van der Waals surface area contributed by atoms with Crippen LogP contribution in [0, 0.1) is 5.41 Å². The number of aromatic nitrogens is 1. The molecule has 1 aromatic heterocycles. The Morgan fingerprint density at radius 1 is 1.21 bits per heavy atom. The zero-order chi connectivity index (χ0) is 10.8. The molecular formula is C12H21N2+. The first-order valence-electron chi connectivity index (χ1n) is 5.07. The molecule has 0 saturated carbocycles. The molecule has 0 atom stereocenters. The molecule has 1 heterocycles. The normalized spacial score (nSPS) is 11.5. The van der Waals surface area contributed by atoms with Crippen molar-refractivity contribution in [1.82, 2.24) is 0 Å². The molecule has 1 aromatic rings. The van der Waals surface area contributed by atoms with Crippen LogP contribution in [-0.4, -0.2) is 14.1 Å². The highest BCUT2D eigenvalue weighted by molar-refractivity contribution is 5.00. The summed E-state index contributed by atoms with van der Waals surface area (Å²) < 4.78 is 2.19. The minimum atomic E-state index is 0.332. The molecule has 0 bridgehead atoms. The summed E-state index contributed by atoms with van der Waals surface area (Å²) in [4.78, 5) is 0. The Morgan fingerprint density at radius 3 is 2.36 bits per heavy atom. The third kappa shape index (κ3) is 3.02. The Hall–Kier alpha value is -1.05. The lowest BCUT2D eigenvalue weighted by molar-refractivity contribution is -0.695. The van der Waals surface area contributed by atoms with Gasteiger partial charge in [-0.1, -0.05) is 25.4 Å². The van der Waals surface area contributed by atoms with E-state index in [0.29, 0.717) is 5.41 Å². The molecule has 0 amide bonds. The van der Waals surface area contributed by atoms with Gasteiger partial charge in [0.05, 0.1) is 14.1 Å². The Bertz CT molecular complexity index is 297. The molecule has 0 fully saturated rings. The van der Waals surface area contributed by atoms with Crippen molar-refractivity contribution in [3.05, 3.63) is 30.1 Å². The van der Waals surface area contributed by atoms with Gasteiger partial charge in [-0.2, -0.15) is 5.01 Å². The van der Waals surface area contributed by atoms with E-state index in [4.69, 9.17) is 0 Å². The second kappa shape index (κ2) is 3.99. The van der Waals surface area contributed by atoms with Crippen LogP contribution in [0.4, 0.5) is 0 Å². The summed E-state index contributed by atoms with van der Waals surface area (Å²) in [5.41, 5.74) is 1.68. The predicted octanol–water partition coefficient (Wildman–Crippen LogP) is 1.76. The topological polar surface area (TPSA) is 7.12 Å². The van der Waals surface area contributed by atoms with Crippen LogP contribution in [0.1, 0.15) is 26.5 Å². The molecule has 14 heavy (non-hydrogen) atoms. The first kappa shape index (κ1) is 11.0. The van der Waals surface area contributed by atoms with E-state index in [0.717, 1.165) is 6.42 Å². The molecule has 0 radical (unpaired) electrons. The van der Waals surface area contributed by atoms with Crippen molar-refractivity contribution in [2.24, 2.45) is 5.41 Å². The summed E-state index contributed by atoms with van der Waals surface area (Å²) in [7, 11) is 4.12. The predicted molar refractivity (Wildman–Crippen MR) is 59.9 cm³/mol. The maximum absolute atomic E-state index is 2.26. The highest BCUT2D eigenvalue weighted by Gasteiger charge is 2.19. The van der Waals surface area contributed by atoms with Gasteiger partial charge < -0.3 is 0 Å². The lowest BCUT2D eigenvalue weighted by Gasteiger charge is -2.17. The van der Waals surface area contributed by atoms with E-state index in [1.807, 2.05) is 0 Å². The largest absolute Gasteiger partial charge is 0.212 e. The van der Waals surface area contributed by atoms with Gasteiger partial charge in [0.2, 0.25) is 5.69 Å². The van der Waals surface area contributed by atoms with Crippen LogP contribution >= 0.6 is 0 Å². The maximum atomic E-state index is 2.26. The molecule has 0 N–H and O–H groups in total. The van der Waals surface area contributed by atoms with E-state index in [1.54, 1.807) is 0 Å². The van der Waals surface area contributed by atoms with E-state index in [2.05, 4.69) is 68.9 Å². The molecule has 0 aliphatic rings. The fraction of sp³-hybridized carbons (Fsp3) is 0.583. The second-order valence-electron chi connectivity index (χ2n) is 5.12. The van der Waals surface area contributed by atoms with Crippen LogP contribution in [0.25, 0.3) is 0 Å². The highest BCUT2D eigenvalue weighted by Crippen LogP contribution is 2.18. The third-order valence-electron chi connectivity index (χ3n) is 2.06. The monoisotopic (exact) mass is 193 g/mol. The molecule has 0 spiro atoms. The van der Waals surface area contributed by atoms with Crippen molar-refractivity contribution < 1.29 is 4.68 Å². The van der Waals surface area contributed by atoms with E-state index in [-0.39, 0.29) is 0 Å². The lowest BCUT2D eigenvalue weighted by atomic mass is 9.90. The van der Waals surface area contributed by atoms with Crippen LogP contribution in [0.5, 0.6) is 0 Å². The first-order chi connectivity index (χ1) is 6.40. The zero-order valence-electron chi connectivity index (χ0n) is 9.91. The smallest absolute Gasteiger partial charge is 0.187 e. The molecule has 0 aliphatic carbocycles. The summed E-state index contributed by atoms with van der Waals surface area (Å²) in [6.07, 6.45) is 3.19. The molecule has 1 rings (SSSR count). The zero-order valence-corrected chi connectivity index (χ0v) is 9.91. The maximum Gasteiger partial charge on any atom is 0.212 e. The van der Waals surface area contributed by atoms with E-state index < -0.39 is 0 Å². The van der Waals surface area contributed by atoms with Gasteiger partial charge in [0.1, 0.15) is 0 Å². The van der Waals surface area contributed by atoms with Gasteiger partial charge in [-0.25, -0.2) is 0 Å². The number of pyridine rings is 1. The van der Waals surface area contributed by atoms with Crippen molar-refractivity contribution in [1.29, 1.82) is 0 Å². The highest BCUT2D eigenvalue weighted by atomic mass is 15.5. The molecule has 2 nitrogen and oxygen atoms in total. The Morgan fingerprint density at radius 2 is 1.86 bits per heavy atom. The Balaban J connectivity index is 2.96. The molecule has 0 aromatic carbocycles. The van der Waals surface area contributed by atoms with Crippen LogP contribution in [0.15, 0.2) is 24.4 Å². The average Bonchev–Trinajstić information content (AvgIpc) is 2.01. The fourth-order valence-electron chi connectivity index (χ4n) is 1.54. The number of nitrogens with zero attached hydrogens (tertiary/aromatic N) is 2. The molecule has 0 unspecified atom stereocenters. The SMILES string of the molecule is CN(C)[n+]1ccccc1CC(C)(C)C. The van der Waals surface area contributed by atoms with Gasteiger partial charge >= 0.3 is 0 Å². The van der Waals surface area contributed by atoms with Crippen LogP contribution in [0.2, 0.25) is 0 Å². The average molecular weight is 193 g/mol. The summed E-state index contributed by atoms with van der Waals surface area (Å²) in [5.74, 6) is 0. The summed E-state index contributed by atoms with van der Waals surface area (Å²) in [6, 6.07) is 6.35. The molecule has 78 valence electrons. The Kier molecular flexibility index (Phi) is 3.14. The van der Waals surface area contributed by atoms with Crippen LogP contribution < -0.4 is 9.69 Å². The number of rotatable bonds is 2. The standard InChI is InChI=1S/C12H21N2/c1-12(2,3)10-11-8-6-7-9-14(11)13(4)5/h6-9H,10H2,1-5H3/q+1. The van der Waals surface area contributed by atoms with Crippen molar-refractivity contribution in [2.75, 3.05) is 19.1 Å². The van der Waals surface area contributed by atoms with Crippen molar-refractivity contribution in [3.8, 4) is 0 Å². The molecular weight excluding hydrogens is 172 g/mol. The van der Waals surface area contributed by atoms with Gasteiger partial charge in [-0.05, 0) is 11.5 Å².